The van der Waals surface area contributed by atoms with Gasteiger partial charge in [0.2, 0.25) is 5.91 Å². The Kier molecular flexibility index (Phi) is 8.12. The Labute approximate surface area is 176 Å². The molecule has 7 heteroatoms. The standard InChI is InChI=1S/C23H25N3O4/c1-16-11-17(2)13-21(12-16)26(10-4-9-24)22(28)15-30-23(29)14-19-5-7-20(8-6-19)25-18(3)27/h5-8,11-13H,4,10,14-15H2,1-3H3,(H,25,27). The summed E-state index contributed by atoms with van der Waals surface area (Å²) < 4.78 is 5.16. The van der Waals surface area contributed by atoms with Crippen LogP contribution in [0.4, 0.5) is 11.4 Å². The van der Waals surface area contributed by atoms with Crippen molar-refractivity contribution in [1.82, 2.24) is 0 Å². The van der Waals surface area contributed by atoms with Crippen LogP contribution < -0.4 is 10.2 Å². The molecule has 30 heavy (non-hydrogen) atoms. The predicted octanol–water partition coefficient (Wildman–Crippen LogP) is 3.29. The lowest BCUT2D eigenvalue weighted by molar-refractivity contribution is -0.147. The van der Waals surface area contributed by atoms with Crippen LogP contribution in [0.15, 0.2) is 42.5 Å². The van der Waals surface area contributed by atoms with Gasteiger partial charge in [-0.1, -0.05) is 18.2 Å². The van der Waals surface area contributed by atoms with Crippen molar-refractivity contribution in [3.05, 3.63) is 59.2 Å². The summed E-state index contributed by atoms with van der Waals surface area (Å²) in [4.78, 5) is 37.3. The second-order valence-corrected chi connectivity index (χ2v) is 7.01. The molecule has 0 bridgehead atoms. The van der Waals surface area contributed by atoms with Gasteiger partial charge >= 0.3 is 5.97 Å². The van der Waals surface area contributed by atoms with Crippen molar-refractivity contribution in [1.29, 1.82) is 5.26 Å². The quantitative estimate of drug-likeness (QED) is 0.677. The van der Waals surface area contributed by atoms with Crippen LogP contribution in [0.1, 0.15) is 30.0 Å². The van der Waals surface area contributed by atoms with E-state index in [4.69, 9.17) is 10.00 Å². The highest BCUT2D eigenvalue weighted by Crippen LogP contribution is 2.19. The van der Waals surface area contributed by atoms with Crippen LogP contribution in [0.2, 0.25) is 0 Å². The lowest BCUT2D eigenvalue weighted by Crippen LogP contribution is -2.35. The summed E-state index contributed by atoms with van der Waals surface area (Å²) in [6, 6.07) is 14.6. The van der Waals surface area contributed by atoms with Crippen LogP contribution in [-0.4, -0.2) is 30.9 Å². The van der Waals surface area contributed by atoms with E-state index in [1.54, 1.807) is 24.3 Å². The molecule has 0 radical (unpaired) electrons. The molecule has 0 aliphatic rings. The van der Waals surface area contributed by atoms with E-state index in [0.717, 1.165) is 11.1 Å². The molecule has 1 N–H and O–H groups in total. The molecule has 2 aromatic rings. The van der Waals surface area contributed by atoms with Crippen LogP contribution >= 0.6 is 0 Å². The summed E-state index contributed by atoms with van der Waals surface area (Å²) >= 11 is 0. The molecule has 0 aliphatic heterocycles. The first kappa shape index (κ1) is 22.6. The smallest absolute Gasteiger partial charge is 0.310 e. The number of carbonyl (C=O) groups is 3. The molecular weight excluding hydrogens is 382 g/mol. The summed E-state index contributed by atoms with van der Waals surface area (Å²) in [6.45, 7) is 5.10. The number of nitriles is 1. The number of aryl methyl sites for hydroxylation is 2. The average Bonchev–Trinajstić information content (AvgIpc) is 2.67. The van der Waals surface area contributed by atoms with Crippen LogP contribution in [0, 0.1) is 25.2 Å². The highest BCUT2D eigenvalue weighted by atomic mass is 16.5. The van der Waals surface area contributed by atoms with Gasteiger partial charge in [0.25, 0.3) is 5.91 Å². The Hall–Kier alpha value is -3.66. The maximum Gasteiger partial charge on any atom is 0.310 e. The Bertz CT molecular complexity index is 941. The predicted molar refractivity (Wildman–Crippen MR) is 114 cm³/mol. The zero-order valence-electron chi connectivity index (χ0n) is 17.4. The second kappa shape index (κ2) is 10.8. The molecule has 0 unspecified atom stereocenters. The minimum Gasteiger partial charge on any atom is -0.455 e. The maximum atomic E-state index is 12.7. The Morgan fingerprint density at radius 3 is 2.27 bits per heavy atom. The molecule has 7 nitrogen and oxygen atoms in total. The first-order chi connectivity index (χ1) is 14.3. The van der Waals surface area contributed by atoms with Crippen LogP contribution in [-0.2, 0) is 25.5 Å². The number of esters is 1. The van der Waals surface area contributed by atoms with Gasteiger partial charge in [0.1, 0.15) is 0 Å². The Morgan fingerprint density at radius 1 is 1.07 bits per heavy atom. The van der Waals surface area contributed by atoms with E-state index in [-0.39, 0.29) is 31.2 Å². The van der Waals surface area contributed by atoms with E-state index >= 15 is 0 Å². The van der Waals surface area contributed by atoms with Gasteiger partial charge in [-0.2, -0.15) is 5.26 Å². The fourth-order valence-corrected chi connectivity index (χ4v) is 3.01. The Balaban J connectivity index is 1.97. The van der Waals surface area contributed by atoms with Gasteiger partial charge in [0.15, 0.2) is 6.61 Å². The van der Waals surface area contributed by atoms with Gasteiger partial charge in [0.05, 0.1) is 18.9 Å². The molecule has 0 fully saturated rings. The fraction of sp³-hybridized carbons (Fsp3) is 0.304. The molecule has 2 rings (SSSR count). The lowest BCUT2D eigenvalue weighted by Gasteiger charge is -2.22. The third kappa shape index (κ3) is 7.06. The fourth-order valence-electron chi connectivity index (χ4n) is 3.01. The third-order valence-corrected chi connectivity index (χ3v) is 4.25. The van der Waals surface area contributed by atoms with Gasteiger partial charge in [-0.15, -0.1) is 0 Å². The number of nitrogens with zero attached hydrogens (tertiary/aromatic N) is 2. The van der Waals surface area contributed by atoms with Gasteiger partial charge in [-0.3, -0.25) is 14.4 Å². The number of hydrogen-bond acceptors (Lipinski definition) is 5. The molecule has 156 valence electrons. The van der Waals surface area contributed by atoms with Gasteiger partial charge in [-0.25, -0.2) is 0 Å². The number of anilines is 2. The van der Waals surface area contributed by atoms with E-state index < -0.39 is 12.6 Å². The molecule has 0 saturated carbocycles. The highest BCUT2D eigenvalue weighted by Gasteiger charge is 2.18. The minimum absolute atomic E-state index is 0.00931. The van der Waals surface area contributed by atoms with E-state index in [0.29, 0.717) is 16.9 Å². The van der Waals surface area contributed by atoms with Gasteiger partial charge in [0, 0.05) is 24.8 Å². The van der Waals surface area contributed by atoms with Crippen molar-refractivity contribution < 1.29 is 19.1 Å². The Morgan fingerprint density at radius 2 is 1.70 bits per heavy atom. The highest BCUT2D eigenvalue weighted by molar-refractivity contribution is 5.95. The number of ether oxygens (including phenoxy) is 1. The molecular formula is C23H25N3O4. The SMILES string of the molecule is CC(=O)Nc1ccc(CC(=O)OCC(=O)N(CCC#N)c2cc(C)cc(C)c2)cc1. The minimum atomic E-state index is -0.531. The maximum absolute atomic E-state index is 12.7. The van der Waals surface area contributed by atoms with Gasteiger partial charge < -0.3 is 15.0 Å². The number of nitrogens with one attached hydrogen (secondary N) is 1. The summed E-state index contributed by atoms with van der Waals surface area (Å²) in [5.41, 5.74) is 4.02. The number of rotatable bonds is 8. The second-order valence-electron chi connectivity index (χ2n) is 7.01. The zero-order chi connectivity index (χ0) is 22.1. The zero-order valence-corrected chi connectivity index (χ0v) is 17.4. The van der Waals surface area contributed by atoms with E-state index in [1.807, 2.05) is 38.1 Å². The number of hydrogen-bond donors (Lipinski definition) is 1. The normalized spacial score (nSPS) is 10.1. The van der Waals surface area contributed by atoms with Crippen LogP contribution in [0.3, 0.4) is 0 Å². The van der Waals surface area contributed by atoms with E-state index in [9.17, 15) is 14.4 Å². The third-order valence-electron chi connectivity index (χ3n) is 4.25. The summed E-state index contributed by atoms with van der Waals surface area (Å²) in [7, 11) is 0. The molecule has 0 saturated heterocycles. The monoisotopic (exact) mass is 407 g/mol. The molecule has 0 heterocycles. The molecule has 2 aromatic carbocycles. The number of amides is 2. The van der Waals surface area contributed by atoms with E-state index in [2.05, 4.69) is 5.32 Å². The first-order valence-corrected chi connectivity index (χ1v) is 9.56. The number of benzene rings is 2. The first-order valence-electron chi connectivity index (χ1n) is 9.56. The van der Waals surface area contributed by atoms with Crippen molar-refractivity contribution in [2.24, 2.45) is 0 Å². The molecule has 0 atom stereocenters. The average molecular weight is 407 g/mol. The summed E-state index contributed by atoms with van der Waals surface area (Å²) in [5.74, 6) is -1.09. The van der Waals surface area contributed by atoms with Crippen molar-refractivity contribution in [2.45, 2.75) is 33.6 Å². The largest absolute Gasteiger partial charge is 0.455 e. The van der Waals surface area contributed by atoms with Crippen LogP contribution in [0.25, 0.3) is 0 Å². The molecule has 0 aromatic heterocycles. The lowest BCUT2D eigenvalue weighted by atomic mass is 10.1. The molecule has 0 spiro atoms. The van der Waals surface area contributed by atoms with Crippen molar-refractivity contribution >= 4 is 29.2 Å². The number of carbonyl (C=O) groups excluding carboxylic acids is 3. The van der Waals surface area contributed by atoms with Crippen molar-refractivity contribution in [3.63, 3.8) is 0 Å². The van der Waals surface area contributed by atoms with Crippen molar-refractivity contribution in [2.75, 3.05) is 23.4 Å². The van der Waals surface area contributed by atoms with Crippen LogP contribution in [0.5, 0.6) is 0 Å². The van der Waals surface area contributed by atoms with E-state index in [1.165, 1.54) is 11.8 Å². The summed E-state index contributed by atoms with van der Waals surface area (Å²) in [5, 5.41) is 11.6. The summed E-state index contributed by atoms with van der Waals surface area (Å²) in [6.07, 6.45) is 0.183. The van der Waals surface area contributed by atoms with Gasteiger partial charge in [-0.05, 0) is 54.8 Å². The molecule has 0 aliphatic carbocycles. The molecule has 2 amide bonds. The topological polar surface area (TPSA) is 99.5 Å². The van der Waals surface area contributed by atoms with Crippen molar-refractivity contribution in [3.8, 4) is 6.07 Å².